The lowest BCUT2D eigenvalue weighted by Crippen LogP contribution is -2.47. The van der Waals surface area contributed by atoms with Gasteiger partial charge < -0.3 is 4.90 Å². The molecular weight excluding hydrogens is 487 g/mol. The van der Waals surface area contributed by atoms with Crippen molar-refractivity contribution in [2.24, 2.45) is 0 Å². The average molecular weight is 516 g/mol. The van der Waals surface area contributed by atoms with E-state index in [-0.39, 0.29) is 9.92 Å². The fourth-order valence-corrected chi connectivity index (χ4v) is 7.80. The highest BCUT2D eigenvalue weighted by molar-refractivity contribution is 7.92. The zero-order valence-corrected chi connectivity index (χ0v) is 22.4. The molecule has 2 aromatic carbocycles. The monoisotopic (exact) mass is 515 g/mol. The highest BCUT2D eigenvalue weighted by Crippen LogP contribution is 2.31. The third-order valence-corrected chi connectivity index (χ3v) is 10.3. The molecule has 0 radical (unpaired) electrons. The van der Waals surface area contributed by atoms with Crippen LogP contribution in [0.4, 0.5) is 0 Å². The number of fused-ring (bicyclic) bond motifs is 1. The Hall–Kier alpha value is -2.42. The molecule has 1 aliphatic heterocycles. The molecule has 0 N–H and O–H groups in total. The van der Waals surface area contributed by atoms with Crippen molar-refractivity contribution in [2.75, 3.05) is 33.2 Å². The van der Waals surface area contributed by atoms with Gasteiger partial charge in [-0.1, -0.05) is 43.8 Å². The lowest BCUT2D eigenvalue weighted by molar-refractivity contribution is 0.222. The molecule has 34 heavy (non-hydrogen) atoms. The number of rotatable bonds is 4. The number of hydrogen-bond donors (Lipinski definition) is 0. The van der Waals surface area contributed by atoms with Crippen LogP contribution in [0.1, 0.15) is 5.56 Å². The van der Waals surface area contributed by atoms with E-state index in [1.807, 2.05) is 11.9 Å². The zero-order chi connectivity index (χ0) is 24.7. The number of aromatic nitrogens is 1. The Morgan fingerprint density at radius 2 is 1.47 bits per heavy atom. The first kappa shape index (κ1) is 24.7. The van der Waals surface area contributed by atoms with Crippen LogP contribution in [-0.2, 0) is 20.0 Å². The number of hydrogen-bond acceptors (Lipinski definition) is 5. The molecule has 0 amide bonds. The minimum absolute atomic E-state index is 0.0323. The Morgan fingerprint density at radius 1 is 0.824 bits per heavy atom. The maximum absolute atomic E-state index is 13.7. The summed E-state index contributed by atoms with van der Waals surface area (Å²) in [7, 11) is -7.90. The first-order valence-corrected chi connectivity index (χ1v) is 17.5. The number of sulfonamides is 1. The number of piperazine rings is 1. The number of benzene rings is 2. The third kappa shape index (κ3) is 4.85. The van der Waals surface area contributed by atoms with Gasteiger partial charge in [0.1, 0.15) is 8.07 Å². The van der Waals surface area contributed by atoms with E-state index >= 15 is 0 Å². The summed E-state index contributed by atoms with van der Waals surface area (Å²) in [5.41, 5.74) is 4.34. The number of nitrogens with zero attached hydrogens (tertiary/aromatic N) is 3. The Labute approximate surface area is 203 Å². The van der Waals surface area contributed by atoms with Crippen LogP contribution in [0, 0.1) is 11.5 Å². The fraction of sp³-hybridized carbons (Fsp3) is 0.333. The van der Waals surface area contributed by atoms with Crippen LogP contribution in [0.5, 0.6) is 0 Å². The summed E-state index contributed by atoms with van der Waals surface area (Å²) in [6.45, 7) is 8.20. The van der Waals surface area contributed by atoms with Crippen molar-refractivity contribution >= 4 is 39.0 Å². The van der Waals surface area contributed by atoms with E-state index in [0.29, 0.717) is 37.1 Å². The molecule has 0 saturated carbocycles. The molecule has 1 saturated heterocycles. The standard InChI is InChI=1S/C24H29N3O4S2Si/c1-25-13-15-26(16-14-25)33(30,31)24-19-21-18-20(12-17-34(2,3)4)10-11-23(21)27(24)32(28,29)22-8-6-5-7-9-22/h5-11,18-19H,13-16H2,1-4H3. The van der Waals surface area contributed by atoms with E-state index in [4.69, 9.17) is 0 Å². The molecule has 0 spiro atoms. The Balaban J connectivity index is 1.94. The molecule has 0 unspecified atom stereocenters. The summed E-state index contributed by atoms with van der Waals surface area (Å²) in [6, 6.07) is 14.5. The lowest BCUT2D eigenvalue weighted by atomic mass is 10.2. The molecule has 4 rings (SSSR count). The number of likely N-dealkylation sites (N-methyl/N-ethyl adjacent to an activating group) is 1. The Bertz CT molecular complexity index is 1490. The first-order valence-electron chi connectivity index (χ1n) is 11.1. The van der Waals surface area contributed by atoms with Crippen LogP contribution in [0.15, 0.2) is 64.5 Å². The molecule has 0 aliphatic carbocycles. The van der Waals surface area contributed by atoms with E-state index in [0.717, 1.165) is 9.54 Å². The molecule has 1 fully saturated rings. The smallest absolute Gasteiger partial charge is 0.269 e. The lowest BCUT2D eigenvalue weighted by Gasteiger charge is -2.31. The van der Waals surface area contributed by atoms with E-state index in [1.165, 1.54) is 22.5 Å². The van der Waals surface area contributed by atoms with Gasteiger partial charge in [0.15, 0.2) is 5.03 Å². The molecule has 10 heteroatoms. The molecule has 3 aromatic rings. The summed E-state index contributed by atoms with van der Waals surface area (Å²) in [5, 5.41) is 0.279. The maximum atomic E-state index is 13.7. The Morgan fingerprint density at radius 3 is 2.09 bits per heavy atom. The SMILES string of the molecule is CN1CCN(S(=O)(=O)c2cc3cc(C#C[Si](C)(C)C)ccc3n2S(=O)(=O)c2ccccc2)CC1. The largest absolute Gasteiger partial charge is 0.304 e. The van der Waals surface area contributed by atoms with E-state index < -0.39 is 28.1 Å². The normalized spacial score (nSPS) is 16.4. The second-order valence-corrected chi connectivity index (χ2v) is 18.0. The summed E-state index contributed by atoms with van der Waals surface area (Å²) >= 11 is 0. The first-order chi connectivity index (χ1) is 15.9. The molecule has 1 aromatic heterocycles. The molecular formula is C24H29N3O4S2Si. The van der Waals surface area contributed by atoms with Crippen molar-refractivity contribution in [3.05, 3.63) is 60.2 Å². The fourth-order valence-electron chi connectivity index (χ4n) is 3.79. The van der Waals surface area contributed by atoms with Crippen molar-refractivity contribution in [1.82, 2.24) is 13.2 Å². The van der Waals surface area contributed by atoms with Crippen LogP contribution in [-0.4, -0.2) is 71.3 Å². The minimum Gasteiger partial charge on any atom is -0.304 e. The summed E-state index contributed by atoms with van der Waals surface area (Å²) in [6.07, 6.45) is 0. The Kier molecular flexibility index (Phi) is 6.52. The van der Waals surface area contributed by atoms with Gasteiger partial charge in [-0.25, -0.2) is 20.8 Å². The van der Waals surface area contributed by atoms with Gasteiger partial charge in [0, 0.05) is 37.1 Å². The van der Waals surface area contributed by atoms with Crippen LogP contribution < -0.4 is 0 Å². The molecule has 0 bridgehead atoms. The molecule has 1 aliphatic rings. The van der Waals surface area contributed by atoms with Gasteiger partial charge in [-0.15, -0.1) is 5.54 Å². The van der Waals surface area contributed by atoms with Crippen molar-refractivity contribution in [2.45, 2.75) is 29.6 Å². The van der Waals surface area contributed by atoms with Gasteiger partial charge >= 0.3 is 0 Å². The predicted molar refractivity (Wildman–Crippen MR) is 137 cm³/mol. The zero-order valence-electron chi connectivity index (χ0n) is 19.8. The van der Waals surface area contributed by atoms with E-state index in [2.05, 4.69) is 31.1 Å². The highest BCUT2D eigenvalue weighted by atomic mass is 32.2. The summed E-state index contributed by atoms with van der Waals surface area (Å²) in [5.74, 6) is 3.17. The van der Waals surface area contributed by atoms with Crippen molar-refractivity contribution < 1.29 is 16.8 Å². The van der Waals surface area contributed by atoms with Gasteiger partial charge in [-0.2, -0.15) is 4.31 Å². The molecule has 180 valence electrons. The van der Waals surface area contributed by atoms with E-state index in [9.17, 15) is 16.8 Å². The van der Waals surface area contributed by atoms with Crippen LogP contribution in [0.3, 0.4) is 0 Å². The van der Waals surface area contributed by atoms with Gasteiger partial charge in [-0.3, -0.25) is 0 Å². The van der Waals surface area contributed by atoms with Crippen LogP contribution >= 0.6 is 0 Å². The minimum atomic E-state index is -4.16. The molecule has 0 atom stereocenters. The summed E-state index contributed by atoms with van der Waals surface area (Å²) < 4.78 is 57.2. The van der Waals surface area contributed by atoms with Crippen molar-refractivity contribution in [3.63, 3.8) is 0 Å². The maximum Gasteiger partial charge on any atom is 0.269 e. The second kappa shape index (κ2) is 8.98. The summed E-state index contributed by atoms with van der Waals surface area (Å²) in [4.78, 5) is 2.08. The van der Waals surface area contributed by atoms with Gasteiger partial charge in [0.25, 0.3) is 20.0 Å². The van der Waals surface area contributed by atoms with Crippen LogP contribution in [0.25, 0.3) is 10.9 Å². The quantitative estimate of drug-likeness (QED) is 0.394. The van der Waals surface area contributed by atoms with Gasteiger partial charge in [-0.05, 0) is 43.4 Å². The third-order valence-electron chi connectivity index (χ3n) is 5.66. The van der Waals surface area contributed by atoms with E-state index in [1.54, 1.807) is 36.4 Å². The average Bonchev–Trinajstić information content (AvgIpc) is 3.19. The van der Waals surface area contributed by atoms with Crippen molar-refractivity contribution in [1.29, 1.82) is 0 Å². The molecule has 7 nitrogen and oxygen atoms in total. The van der Waals surface area contributed by atoms with Crippen molar-refractivity contribution in [3.8, 4) is 11.5 Å². The molecule has 2 heterocycles. The topological polar surface area (TPSA) is 79.7 Å². The highest BCUT2D eigenvalue weighted by Gasteiger charge is 2.35. The van der Waals surface area contributed by atoms with Gasteiger partial charge in [0.2, 0.25) is 0 Å². The second-order valence-electron chi connectivity index (χ2n) is 9.55. The predicted octanol–water partition coefficient (Wildman–Crippen LogP) is 3.04. The van der Waals surface area contributed by atoms with Crippen LogP contribution in [0.2, 0.25) is 19.6 Å². The van der Waals surface area contributed by atoms with Gasteiger partial charge in [0.05, 0.1) is 10.4 Å².